The number of aromatic amines is 1. The Hall–Kier alpha value is -0.580. The van der Waals surface area contributed by atoms with Gasteiger partial charge in [-0.2, -0.15) is 0 Å². The number of hydrogen-bond acceptors (Lipinski definition) is 6. The van der Waals surface area contributed by atoms with Crippen LogP contribution in [0.2, 0.25) is 0 Å². The topological polar surface area (TPSA) is 99.8 Å². The zero-order valence-corrected chi connectivity index (χ0v) is 14.1. The first-order chi connectivity index (χ1) is 9.63. The van der Waals surface area contributed by atoms with Gasteiger partial charge < -0.3 is 21.1 Å². The number of hydrogen-bond donors (Lipinski definition) is 4. The fraction of sp³-hybridized carbons (Fsp3) is 0.500. The number of nitrogens with zero attached hydrogens (tertiary/aromatic N) is 2. The lowest BCUT2D eigenvalue weighted by molar-refractivity contribution is 0.136. The molecule has 2 heterocycles. The predicted octanol–water partition coefficient (Wildman–Crippen LogP) is 1.71. The molecule has 2 aromatic rings. The van der Waals surface area contributed by atoms with E-state index in [1.165, 1.54) is 6.33 Å². The van der Waals surface area contributed by atoms with Crippen LogP contribution in [-0.4, -0.2) is 38.5 Å². The zero-order chi connectivity index (χ0) is 14.5. The molecule has 8 heteroatoms. The van der Waals surface area contributed by atoms with Crippen LogP contribution in [0.25, 0.3) is 11.0 Å². The average molecular weight is 407 g/mol. The Bertz CT molecular complexity index is 562. The van der Waals surface area contributed by atoms with E-state index in [0.717, 1.165) is 28.9 Å². The average Bonchev–Trinajstić information content (AvgIpc) is 2.82. The number of aliphatic hydroxyl groups is 1. The number of rotatable bonds is 7. The third-order valence-electron chi connectivity index (χ3n) is 3.25. The highest BCUT2D eigenvalue weighted by Gasteiger charge is 2.15. The molecular formula is C12H18IN5OS. The van der Waals surface area contributed by atoms with E-state index < -0.39 is 0 Å². The highest BCUT2D eigenvalue weighted by Crippen LogP contribution is 2.20. The van der Waals surface area contributed by atoms with Crippen LogP contribution in [0.15, 0.2) is 12.5 Å². The van der Waals surface area contributed by atoms with Crippen molar-refractivity contribution in [1.29, 1.82) is 0 Å². The van der Waals surface area contributed by atoms with Crippen LogP contribution < -0.4 is 11.1 Å². The maximum atomic E-state index is 9.71. The third-order valence-corrected chi connectivity index (χ3v) is 4.89. The molecule has 2 rings (SSSR count). The summed E-state index contributed by atoms with van der Waals surface area (Å²) in [5.41, 5.74) is 8.47. The summed E-state index contributed by atoms with van der Waals surface area (Å²) in [6.45, 7) is 3.28. The number of nitrogens with two attached hydrogens (primary N) is 1. The number of aromatic nitrogens is 3. The molecule has 0 amide bonds. The van der Waals surface area contributed by atoms with Crippen molar-refractivity contribution in [3.05, 3.63) is 18.1 Å². The summed E-state index contributed by atoms with van der Waals surface area (Å²) in [5, 5.41) is 13.1. The van der Waals surface area contributed by atoms with E-state index in [2.05, 4.69) is 41.5 Å². The Balaban J connectivity index is 1.97. The van der Waals surface area contributed by atoms with Gasteiger partial charge in [-0.15, -0.1) is 0 Å². The summed E-state index contributed by atoms with van der Waals surface area (Å²) in [6.07, 6.45) is 3.05. The highest BCUT2D eigenvalue weighted by atomic mass is 127. The van der Waals surface area contributed by atoms with Crippen molar-refractivity contribution < 1.29 is 5.11 Å². The lowest BCUT2D eigenvalue weighted by Crippen LogP contribution is -2.31. The van der Waals surface area contributed by atoms with E-state index in [1.54, 1.807) is 8.93 Å². The van der Waals surface area contributed by atoms with Gasteiger partial charge in [-0.25, -0.2) is 9.97 Å². The molecule has 0 aliphatic rings. The molecule has 0 bridgehead atoms. The van der Waals surface area contributed by atoms with Gasteiger partial charge in [-0.3, -0.25) is 0 Å². The highest BCUT2D eigenvalue weighted by molar-refractivity contribution is 14.2. The molecule has 20 heavy (non-hydrogen) atoms. The largest absolute Gasteiger partial charge is 0.393 e. The Kier molecular flexibility index (Phi) is 5.87. The second kappa shape index (κ2) is 7.43. The summed E-state index contributed by atoms with van der Waals surface area (Å²) in [5.74, 6) is 1.63. The maximum absolute atomic E-state index is 9.71. The number of nitrogen functional groups attached to an aromatic ring is 1. The number of fused-ring (bicyclic) bond motifs is 1. The minimum Gasteiger partial charge on any atom is -0.393 e. The molecule has 2 atom stereocenters. The Morgan fingerprint density at radius 3 is 3.05 bits per heavy atom. The molecule has 0 saturated heterocycles. The van der Waals surface area contributed by atoms with Crippen molar-refractivity contribution in [2.75, 3.05) is 18.0 Å². The zero-order valence-electron chi connectivity index (χ0n) is 11.1. The molecule has 0 aromatic carbocycles. The molecule has 0 radical (unpaired) electrons. The fourth-order valence-corrected chi connectivity index (χ4v) is 3.93. The molecule has 0 spiro atoms. The Morgan fingerprint density at radius 2 is 2.35 bits per heavy atom. The van der Waals surface area contributed by atoms with E-state index in [1.807, 2.05) is 13.1 Å². The van der Waals surface area contributed by atoms with Crippen LogP contribution in [-0.2, 0) is 6.54 Å². The number of halogens is 1. The van der Waals surface area contributed by atoms with Gasteiger partial charge in [0.1, 0.15) is 11.8 Å². The molecule has 110 valence electrons. The van der Waals surface area contributed by atoms with Gasteiger partial charge in [0.15, 0.2) is 5.82 Å². The van der Waals surface area contributed by atoms with Gasteiger partial charge in [-0.05, 0) is 28.1 Å². The van der Waals surface area contributed by atoms with Crippen molar-refractivity contribution in [3.63, 3.8) is 0 Å². The van der Waals surface area contributed by atoms with Gasteiger partial charge in [0.25, 0.3) is 0 Å². The van der Waals surface area contributed by atoms with Crippen molar-refractivity contribution >= 4 is 47.0 Å². The SMILES string of the molecule is C[C@@H](O)[C@H](CNCc1c[nH]c2c(N)ncnc12)CSI. The normalized spacial score (nSPS) is 14.6. The second-order valence-electron chi connectivity index (χ2n) is 4.70. The Morgan fingerprint density at radius 1 is 1.55 bits per heavy atom. The van der Waals surface area contributed by atoms with Gasteiger partial charge in [-0.1, -0.05) is 8.93 Å². The van der Waals surface area contributed by atoms with Gasteiger partial charge >= 0.3 is 0 Å². The van der Waals surface area contributed by atoms with Crippen LogP contribution in [0.1, 0.15) is 12.5 Å². The first-order valence-corrected chi connectivity index (χ1v) is 9.85. The molecule has 0 aliphatic carbocycles. The van der Waals surface area contributed by atoms with Gasteiger partial charge in [0, 0.05) is 36.5 Å². The van der Waals surface area contributed by atoms with Crippen LogP contribution >= 0.6 is 30.1 Å². The van der Waals surface area contributed by atoms with E-state index in [4.69, 9.17) is 5.73 Å². The van der Waals surface area contributed by atoms with Crippen LogP contribution in [0.5, 0.6) is 0 Å². The number of anilines is 1. The van der Waals surface area contributed by atoms with E-state index >= 15 is 0 Å². The molecule has 0 unspecified atom stereocenters. The summed E-state index contributed by atoms with van der Waals surface area (Å²) < 4.78 is 0. The summed E-state index contributed by atoms with van der Waals surface area (Å²) >= 11 is 2.26. The Labute approximate surface area is 133 Å². The molecular weight excluding hydrogens is 389 g/mol. The predicted molar refractivity (Wildman–Crippen MR) is 91.7 cm³/mol. The molecule has 2 aromatic heterocycles. The van der Waals surface area contributed by atoms with Crippen molar-refractivity contribution in [3.8, 4) is 0 Å². The summed E-state index contributed by atoms with van der Waals surface area (Å²) in [7, 11) is 1.72. The standard InChI is InChI=1S/C12H18IN5OS/c1-7(19)9(5-20-13)3-15-2-8-4-16-11-10(8)17-6-18-12(11)14/h4,6-7,9,15-16,19H,2-3,5H2,1H3,(H2,14,17,18)/t7-,9-/m1/s1. The van der Waals surface area contributed by atoms with Crippen molar-refractivity contribution in [1.82, 2.24) is 20.3 Å². The van der Waals surface area contributed by atoms with Crippen LogP contribution in [0, 0.1) is 5.92 Å². The molecule has 0 saturated carbocycles. The monoisotopic (exact) mass is 407 g/mol. The van der Waals surface area contributed by atoms with Gasteiger partial charge in [0.2, 0.25) is 0 Å². The fourth-order valence-electron chi connectivity index (χ4n) is 1.99. The number of nitrogens with one attached hydrogen (secondary N) is 2. The quantitative estimate of drug-likeness (QED) is 0.522. The first-order valence-electron chi connectivity index (χ1n) is 6.32. The van der Waals surface area contributed by atoms with E-state index in [9.17, 15) is 5.11 Å². The summed E-state index contributed by atoms with van der Waals surface area (Å²) in [6, 6.07) is 0. The number of H-pyrrole nitrogens is 1. The van der Waals surface area contributed by atoms with Gasteiger partial charge in [0.05, 0.1) is 11.6 Å². The summed E-state index contributed by atoms with van der Waals surface area (Å²) in [4.78, 5) is 11.3. The smallest absolute Gasteiger partial charge is 0.151 e. The first kappa shape index (κ1) is 15.8. The van der Waals surface area contributed by atoms with E-state index in [0.29, 0.717) is 12.4 Å². The van der Waals surface area contributed by atoms with Crippen molar-refractivity contribution in [2.45, 2.75) is 19.6 Å². The van der Waals surface area contributed by atoms with E-state index in [-0.39, 0.29) is 12.0 Å². The molecule has 6 nitrogen and oxygen atoms in total. The number of aliphatic hydroxyl groups excluding tert-OH is 1. The molecule has 0 aliphatic heterocycles. The third kappa shape index (κ3) is 3.74. The molecule has 5 N–H and O–H groups in total. The van der Waals surface area contributed by atoms with Crippen molar-refractivity contribution in [2.24, 2.45) is 5.92 Å². The second-order valence-corrected chi connectivity index (χ2v) is 7.12. The lowest BCUT2D eigenvalue weighted by atomic mass is 10.1. The maximum Gasteiger partial charge on any atom is 0.151 e. The minimum absolute atomic E-state index is 0.238. The lowest BCUT2D eigenvalue weighted by Gasteiger charge is -2.18. The molecule has 0 fully saturated rings. The van der Waals surface area contributed by atoms with Crippen LogP contribution in [0.4, 0.5) is 5.82 Å². The minimum atomic E-state index is -0.314. The van der Waals surface area contributed by atoms with Crippen LogP contribution in [0.3, 0.4) is 0 Å².